The highest BCUT2D eigenvalue weighted by molar-refractivity contribution is 6.74. The van der Waals surface area contributed by atoms with E-state index in [2.05, 4.69) is 40.8 Å². The quantitative estimate of drug-likeness (QED) is 0.195. The molecule has 0 saturated carbocycles. The zero-order valence-electron chi connectivity index (χ0n) is 16.7. The molecule has 0 fully saturated rings. The van der Waals surface area contributed by atoms with E-state index in [1.807, 2.05) is 0 Å². The van der Waals surface area contributed by atoms with E-state index >= 15 is 0 Å². The summed E-state index contributed by atoms with van der Waals surface area (Å²) < 4.78 is 6.42. The average Bonchev–Trinajstić information content (AvgIpc) is 2.44. The molecular formula is C20H42O2Si. The zero-order valence-corrected chi connectivity index (χ0v) is 17.7. The summed E-state index contributed by atoms with van der Waals surface area (Å²) in [5.74, 6) is 0. The fourth-order valence-corrected chi connectivity index (χ4v) is 4.01. The van der Waals surface area contributed by atoms with E-state index in [9.17, 15) is 4.79 Å². The van der Waals surface area contributed by atoms with Gasteiger partial charge in [-0.25, -0.2) is 0 Å². The van der Waals surface area contributed by atoms with Crippen molar-refractivity contribution in [3.8, 4) is 0 Å². The summed E-state index contributed by atoms with van der Waals surface area (Å²) in [6, 6.07) is 0. The highest BCUT2D eigenvalue weighted by atomic mass is 28.4. The van der Waals surface area contributed by atoms with Gasteiger partial charge in [0.25, 0.3) is 0 Å². The van der Waals surface area contributed by atoms with Gasteiger partial charge in [0.1, 0.15) is 6.29 Å². The minimum Gasteiger partial charge on any atom is -0.414 e. The molecule has 3 heteroatoms. The summed E-state index contributed by atoms with van der Waals surface area (Å²) in [6.07, 6.45) is 14.8. The number of rotatable bonds is 14. The molecule has 138 valence electrons. The predicted octanol–water partition coefficient (Wildman–Crippen LogP) is 6.89. The molecule has 0 amide bonds. The SMILES string of the molecule is CCCCCCCCCCC[C@H](CC=O)O[Si](C)(C)C(C)(C)C. The standard InChI is InChI=1S/C20H42O2Si/c1-7-8-9-10-11-12-13-14-15-16-19(17-18-21)22-23(5,6)20(2,3)4/h18-19H,7-17H2,1-6H3/t19-/m1/s1. The lowest BCUT2D eigenvalue weighted by atomic mass is 10.0. The van der Waals surface area contributed by atoms with Gasteiger partial charge in [-0.2, -0.15) is 0 Å². The number of unbranched alkanes of at least 4 members (excludes halogenated alkanes) is 8. The lowest BCUT2D eigenvalue weighted by molar-refractivity contribution is -0.109. The Morgan fingerprint density at radius 1 is 0.913 bits per heavy atom. The van der Waals surface area contributed by atoms with Crippen molar-refractivity contribution in [1.82, 2.24) is 0 Å². The highest BCUT2D eigenvalue weighted by Crippen LogP contribution is 2.38. The molecule has 0 aliphatic rings. The van der Waals surface area contributed by atoms with Crippen LogP contribution in [0, 0.1) is 0 Å². The monoisotopic (exact) mass is 342 g/mol. The van der Waals surface area contributed by atoms with E-state index in [1.165, 1.54) is 57.8 Å². The molecule has 0 aliphatic heterocycles. The first-order valence-electron chi connectivity index (χ1n) is 9.86. The van der Waals surface area contributed by atoms with Gasteiger partial charge in [-0.1, -0.05) is 85.5 Å². The number of carbonyl (C=O) groups is 1. The Balaban J connectivity index is 3.91. The van der Waals surface area contributed by atoms with Crippen LogP contribution in [0.15, 0.2) is 0 Å². The van der Waals surface area contributed by atoms with Gasteiger partial charge in [-0.15, -0.1) is 0 Å². The minimum atomic E-state index is -1.76. The van der Waals surface area contributed by atoms with Crippen molar-refractivity contribution in [2.24, 2.45) is 0 Å². The maximum absolute atomic E-state index is 10.9. The van der Waals surface area contributed by atoms with Crippen molar-refractivity contribution in [2.75, 3.05) is 0 Å². The summed E-state index contributed by atoms with van der Waals surface area (Å²) in [4.78, 5) is 10.9. The number of carbonyl (C=O) groups excluding carboxylic acids is 1. The third-order valence-electron chi connectivity index (χ3n) is 5.26. The van der Waals surface area contributed by atoms with Crippen molar-refractivity contribution < 1.29 is 9.22 Å². The van der Waals surface area contributed by atoms with Crippen LogP contribution >= 0.6 is 0 Å². The molecule has 0 aromatic rings. The third-order valence-corrected chi connectivity index (χ3v) is 9.79. The van der Waals surface area contributed by atoms with Gasteiger partial charge in [0.2, 0.25) is 0 Å². The van der Waals surface area contributed by atoms with Crippen LogP contribution in [-0.2, 0) is 9.22 Å². The molecular weight excluding hydrogens is 300 g/mol. The zero-order chi connectivity index (χ0) is 17.8. The predicted molar refractivity (Wildman–Crippen MR) is 105 cm³/mol. The van der Waals surface area contributed by atoms with Crippen LogP contribution in [0.25, 0.3) is 0 Å². The molecule has 0 heterocycles. The first kappa shape index (κ1) is 22.8. The second kappa shape index (κ2) is 12.2. The van der Waals surface area contributed by atoms with Crippen LogP contribution in [0.2, 0.25) is 18.1 Å². The molecule has 0 aromatic carbocycles. The Labute approximate surface area is 146 Å². The largest absolute Gasteiger partial charge is 0.414 e. The second-order valence-electron chi connectivity index (χ2n) is 8.52. The van der Waals surface area contributed by atoms with Crippen molar-refractivity contribution in [2.45, 2.75) is 123 Å². The Morgan fingerprint density at radius 2 is 1.39 bits per heavy atom. The first-order valence-corrected chi connectivity index (χ1v) is 12.8. The summed E-state index contributed by atoms with van der Waals surface area (Å²) in [7, 11) is -1.76. The van der Waals surface area contributed by atoms with E-state index in [0.717, 1.165) is 12.7 Å². The molecule has 23 heavy (non-hydrogen) atoms. The highest BCUT2D eigenvalue weighted by Gasteiger charge is 2.38. The van der Waals surface area contributed by atoms with Crippen molar-refractivity contribution in [1.29, 1.82) is 0 Å². The number of hydrogen-bond acceptors (Lipinski definition) is 2. The van der Waals surface area contributed by atoms with Crippen molar-refractivity contribution in [3.05, 3.63) is 0 Å². The molecule has 2 nitrogen and oxygen atoms in total. The maximum atomic E-state index is 10.9. The molecule has 0 saturated heterocycles. The fraction of sp³-hybridized carbons (Fsp3) is 0.950. The number of hydrogen-bond donors (Lipinski definition) is 0. The Kier molecular flexibility index (Phi) is 12.2. The van der Waals surface area contributed by atoms with Gasteiger partial charge in [-0.3, -0.25) is 0 Å². The van der Waals surface area contributed by atoms with Crippen LogP contribution in [0.1, 0.15) is 98.3 Å². The van der Waals surface area contributed by atoms with Gasteiger partial charge < -0.3 is 9.22 Å². The summed E-state index contributed by atoms with van der Waals surface area (Å²) in [6.45, 7) is 13.6. The minimum absolute atomic E-state index is 0.137. The molecule has 0 rings (SSSR count). The lowest BCUT2D eigenvalue weighted by Crippen LogP contribution is -2.44. The van der Waals surface area contributed by atoms with Gasteiger partial charge in [0, 0.05) is 6.42 Å². The third kappa shape index (κ3) is 11.1. The van der Waals surface area contributed by atoms with E-state index in [4.69, 9.17) is 4.43 Å². The normalized spacial score (nSPS) is 14.0. The summed E-state index contributed by atoms with van der Waals surface area (Å²) in [5.41, 5.74) is 0. The van der Waals surface area contributed by atoms with Gasteiger partial charge in [-0.05, 0) is 24.6 Å². The summed E-state index contributed by atoms with van der Waals surface area (Å²) >= 11 is 0. The van der Waals surface area contributed by atoms with Crippen molar-refractivity contribution >= 4 is 14.6 Å². The fourth-order valence-electron chi connectivity index (χ4n) is 2.61. The molecule has 1 atom stereocenters. The number of aldehydes is 1. The molecule has 0 aliphatic carbocycles. The summed E-state index contributed by atoms with van der Waals surface area (Å²) in [5, 5.41) is 0.215. The van der Waals surface area contributed by atoms with Gasteiger partial charge in [0.15, 0.2) is 8.32 Å². The first-order chi connectivity index (χ1) is 10.7. The Morgan fingerprint density at radius 3 is 1.83 bits per heavy atom. The van der Waals surface area contributed by atoms with E-state index in [1.54, 1.807) is 0 Å². The topological polar surface area (TPSA) is 26.3 Å². The van der Waals surface area contributed by atoms with Crippen LogP contribution in [0.4, 0.5) is 0 Å². The molecule has 0 unspecified atom stereocenters. The van der Waals surface area contributed by atoms with E-state index in [0.29, 0.717) is 6.42 Å². The maximum Gasteiger partial charge on any atom is 0.192 e. The van der Waals surface area contributed by atoms with Crippen LogP contribution < -0.4 is 0 Å². The molecule has 0 spiro atoms. The van der Waals surface area contributed by atoms with Gasteiger partial charge in [0.05, 0.1) is 6.10 Å². The van der Waals surface area contributed by atoms with Crippen LogP contribution in [0.5, 0.6) is 0 Å². The van der Waals surface area contributed by atoms with E-state index in [-0.39, 0.29) is 11.1 Å². The molecule has 0 aromatic heterocycles. The molecule has 0 bridgehead atoms. The van der Waals surface area contributed by atoms with E-state index < -0.39 is 8.32 Å². The van der Waals surface area contributed by atoms with Crippen LogP contribution in [0.3, 0.4) is 0 Å². The van der Waals surface area contributed by atoms with Crippen LogP contribution in [-0.4, -0.2) is 20.7 Å². The second-order valence-corrected chi connectivity index (χ2v) is 13.3. The lowest BCUT2D eigenvalue weighted by Gasteiger charge is -2.39. The van der Waals surface area contributed by atoms with Crippen molar-refractivity contribution in [3.63, 3.8) is 0 Å². The van der Waals surface area contributed by atoms with Gasteiger partial charge >= 0.3 is 0 Å². The Bertz CT molecular complexity index is 295. The Hall–Kier alpha value is -0.153. The smallest absolute Gasteiger partial charge is 0.192 e. The average molecular weight is 343 g/mol. The molecule has 0 radical (unpaired) electrons. The molecule has 0 N–H and O–H groups in total.